The molecule has 0 atom stereocenters. The lowest BCUT2D eigenvalue weighted by molar-refractivity contribution is -0.143. The largest absolute Gasteiger partial charge is 0.490 e. The van der Waals surface area contributed by atoms with E-state index in [9.17, 15) is 18.8 Å². The molecule has 1 aliphatic rings. The minimum Gasteiger partial charge on any atom is -0.490 e. The van der Waals surface area contributed by atoms with Crippen LogP contribution in [0.5, 0.6) is 11.5 Å². The number of hydrogen-bond acceptors (Lipinski definition) is 6. The monoisotopic (exact) mass is 462 g/mol. The van der Waals surface area contributed by atoms with Gasteiger partial charge in [0.2, 0.25) is 0 Å². The third-order valence-corrected chi connectivity index (χ3v) is 4.67. The van der Waals surface area contributed by atoms with Crippen molar-refractivity contribution in [1.82, 2.24) is 10.2 Å². The first-order valence-corrected chi connectivity index (χ1v) is 9.95. The molecule has 8 nitrogen and oxygen atoms in total. The summed E-state index contributed by atoms with van der Waals surface area (Å²) >= 11 is 6.38. The van der Waals surface area contributed by atoms with E-state index in [-0.39, 0.29) is 28.9 Å². The first kappa shape index (κ1) is 23.1. The Morgan fingerprint density at radius 3 is 2.69 bits per heavy atom. The minimum atomic E-state index is -0.738. The molecule has 0 radical (unpaired) electrons. The first-order chi connectivity index (χ1) is 15.3. The van der Waals surface area contributed by atoms with Gasteiger partial charge in [-0.15, -0.1) is 0 Å². The van der Waals surface area contributed by atoms with Crippen LogP contribution in [0.3, 0.4) is 0 Å². The fourth-order valence-electron chi connectivity index (χ4n) is 2.93. The number of hydrogen-bond donors (Lipinski definition) is 1. The number of carbonyl (C=O) groups excluding carboxylic acids is 3. The number of urea groups is 1. The summed E-state index contributed by atoms with van der Waals surface area (Å²) in [5.41, 5.74) is 1.03. The maximum absolute atomic E-state index is 13.4. The lowest BCUT2D eigenvalue weighted by Crippen LogP contribution is -2.36. The van der Waals surface area contributed by atoms with Crippen molar-refractivity contribution in [1.29, 1.82) is 0 Å². The van der Waals surface area contributed by atoms with Crippen LogP contribution in [0.15, 0.2) is 42.1 Å². The number of nitrogens with zero attached hydrogens (tertiary/aromatic N) is 1. The molecule has 32 heavy (non-hydrogen) atoms. The molecule has 2 aromatic rings. The number of nitrogens with one attached hydrogen (secondary N) is 1. The highest BCUT2D eigenvalue weighted by atomic mass is 35.5. The molecule has 0 saturated carbocycles. The van der Waals surface area contributed by atoms with Crippen LogP contribution in [0, 0.1) is 5.82 Å². The maximum Gasteiger partial charge on any atom is 0.329 e. The van der Waals surface area contributed by atoms with Gasteiger partial charge in [0.05, 0.1) is 18.7 Å². The van der Waals surface area contributed by atoms with E-state index in [0.29, 0.717) is 23.5 Å². The summed E-state index contributed by atoms with van der Waals surface area (Å²) in [6.45, 7) is 1.65. The SMILES string of the molecule is CCOc1cc(/C=C2/NC(=O)N(CC(=O)OC)C2=O)cc(Cl)c1OCc1cccc(F)c1. The van der Waals surface area contributed by atoms with Crippen molar-refractivity contribution in [3.63, 3.8) is 0 Å². The molecule has 1 N–H and O–H groups in total. The Morgan fingerprint density at radius 1 is 1.22 bits per heavy atom. The third-order valence-electron chi connectivity index (χ3n) is 4.39. The summed E-state index contributed by atoms with van der Waals surface area (Å²) in [7, 11) is 1.16. The molecule has 0 spiro atoms. The van der Waals surface area contributed by atoms with Gasteiger partial charge in [0.1, 0.15) is 24.7 Å². The molecule has 3 rings (SSSR count). The molecule has 0 aliphatic carbocycles. The van der Waals surface area contributed by atoms with Crippen molar-refractivity contribution < 1.29 is 33.0 Å². The van der Waals surface area contributed by atoms with Gasteiger partial charge in [-0.05, 0) is 48.4 Å². The second-order valence-electron chi connectivity index (χ2n) is 6.64. The second-order valence-corrected chi connectivity index (χ2v) is 7.04. The van der Waals surface area contributed by atoms with Crippen LogP contribution in [0.1, 0.15) is 18.1 Å². The Labute approximate surface area is 188 Å². The molecule has 1 saturated heterocycles. The Balaban J connectivity index is 1.84. The van der Waals surface area contributed by atoms with Gasteiger partial charge in [0, 0.05) is 0 Å². The summed E-state index contributed by atoms with van der Waals surface area (Å²) in [5.74, 6) is -1.22. The molecule has 10 heteroatoms. The van der Waals surface area contributed by atoms with Crippen LogP contribution in [0.4, 0.5) is 9.18 Å². The van der Waals surface area contributed by atoms with E-state index < -0.39 is 24.5 Å². The molecule has 0 aromatic heterocycles. The summed E-state index contributed by atoms with van der Waals surface area (Å²) in [5, 5.41) is 2.61. The van der Waals surface area contributed by atoms with E-state index >= 15 is 0 Å². The lowest BCUT2D eigenvalue weighted by Gasteiger charge is -2.15. The predicted molar refractivity (Wildman–Crippen MR) is 114 cm³/mol. The molecule has 1 heterocycles. The van der Waals surface area contributed by atoms with Crippen molar-refractivity contribution in [2.24, 2.45) is 0 Å². The number of amides is 3. The zero-order chi connectivity index (χ0) is 23.3. The van der Waals surface area contributed by atoms with Crippen LogP contribution in [-0.4, -0.2) is 43.1 Å². The number of carbonyl (C=O) groups is 3. The van der Waals surface area contributed by atoms with Gasteiger partial charge in [0.15, 0.2) is 11.5 Å². The predicted octanol–water partition coefficient (Wildman–Crippen LogP) is 3.52. The van der Waals surface area contributed by atoms with E-state index in [1.54, 1.807) is 25.1 Å². The van der Waals surface area contributed by atoms with Crippen LogP contribution in [-0.2, 0) is 20.9 Å². The number of rotatable bonds is 8. The highest BCUT2D eigenvalue weighted by Gasteiger charge is 2.35. The van der Waals surface area contributed by atoms with Crippen molar-refractivity contribution in [2.45, 2.75) is 13.5 Å². The topological polar surface area (TPSA) is 94.2 Å². The van der Waals surface area contributed by atoms with Crippen molar-refractivity contribution >= 4 is 35.6 Å². The summed E-state index contributed by atoms with van der Waals surface area (Å²) < 4.78 is 29.3. The van der Waals surface area contributed by atoms with Gasteiger partial charge in [-0.2, -0.15) is 0 Å². The summed E-state index contributed by atoms with van der Waals surface area (Å²) in [6, 6.07) is 8.35. The number of methoxy groups -OCH3 is 1. The average molecular weight is 463 g/mol. The molecular weight excluding hydrogens is 443 g/mol. The van der Waals surface area contributed by atoms with Gasteiger partial charge < -0.3 is 19.5 Å². The summed E-state index contributed by atoms with van der Waals surface area (Å²) in [6.07, 6.45) is 1.41. The van der Waals surface area contributed by atoms with Gasteiger partial charge in [-0.1, -0.05) is 23.7 Å². The van der Waals surface area contributed by atoms with E-state index in [2.05, 4.69) is 10.1 Å². The van der Waals surface area contributed by atoms with E-state index in [4.69, 9.17) is 21.1 Å². The zero-order valence-corrected chi connectivity index (χ0v) is 18.1. The molecule has 3 amide bonds. The third kappa shape index (κ3) is 5.36. The maximum atomic E-state index is 13.4. The van der Waals surface area contributed by atoms with E-state index in [1.807, 2.05) is 0 Å². The fraction of sp³-hybridized carbons (Fsp3) is 0.227. The Hall–Kier alpha value is -3.59. The fourth-order valence-corrected chi connectivity index (χ4v) is 3.21. The van der Waals surface area contributed by atoms with E-state index in [0.717, 1.165) is 12.0 Å². The van der Waals surface area contributed by atoms with E-state index in [1.165, 1.54) is 24.3 Å². The Morgan fingerprint density at radius 2 is 2.00 bits per heavy atom. The smallest absolute Gasteiger partial charge is 0.329 e. The molecule has 2 aromatic carbocycles. The van der Waals surface area contributed by atoms with Crippen LogP contribution in [0.2, 0.25) is 5.02 Å². The van der Waals surface area contributed by atoms with Crippen molar-refractivity contribution in [2.75, 3.05) is 20.3 Å². The highest BCUT2D eigenvalue weighted by molar-refractivity contribution is 6.32. The van der Waals surface area contributed by atoms with Gasteiger partial charge in [0.25, 0.3) is 5.91 Å². The minimum absolute atomic E-state index is 0.0363. The average Bonchev–Trinajstić information content (AvgIpc) is 3.00. The quantitative estimate of drug-likeness (QED) is 0.366. The number of imide groups is 1. The molecule has 0 unspecified atom stereocenters. The molecule has 1 fully saturated rings. The standard InChI is InChI=1S/C22H20ClFN2O6/c1-3-31-18-10-14(9-17-21(28)26(22(29)25-17)11-19(27)30-2)8-16(23)20(18)32-12-13-5-4-6-15(24)7-13/h4-10H,3,11-12H2,1-2H3,(H,25,29)/b17-9+. The zero-order valence-electron chi connectivity index (χ0n) is 17.3. The lowest BCUT2D eigenvalue weighted by atomic mass is 10.1. The summed E-state index contributed by atoms with van der Waals surface area (Å²) in [4.78, 5) is 36.6. The van der Waals surface area contributed by atoms with Crippen LogP contribution in [0.25, 0.3) is 6.08 Å². The van der Waals surface area contributed by atoms with Gasteiger partial charge >= 0.3 is 12.0 Å². The number of ether oxygens (including phenoxy) is 3. The van der Waals surface area contributed by atoms with Gasteiger partial charge in [-0.25, -0.2) is 14.1 Å². The molecule has 1 aliphatic heterocycles. The van der Waals surface area contributed by atoms with Crippen molar-refractivity contribution in [3.05, 3.63) is 64.1 Å². The van der Waals surface area contributed by atoms with Gasteiger partial charge in [-0.3, -0.25) is 9.59 Å². The number of halogens is 2. The van der Waals surface area contributed by atoms with Crippen molar-refractivity contribution in [3.8, 4) is 11.5 Å². The number of esters is 1. The van der Waals surface area contributed by atoms with Crippen LogP contribution >= 0.6 is 11.6 Å². The molecule has 0 bridgehead atoms. The molecule has 168 valence electrons. The Kier molecular flexibility index (Phi) is 7.32. The first-order valence-electron chi connectivity index (χ1n) is 9.57. The normalized spacial score (nSPS) is 14.5. The Bertz CT molecular complexity index is 1090. The number of benzene rings is 2. The molecular formula is C22H20ClFN2O6. The second kappa shape index (κ2) is 10.1. The highest BCUT2D eigenvalue weighted by Crippen LogP contribution is 2.38. The van der Waals surface area contributed by atoms with Crippen LogP contribution < -0.4 is 14.8 Å².